The quantitative estimate of drug-likeness (QED) is 0.757. The van der Waals surface area contributed by atoms with Crippen molar-refractivity contribution in [2.24, 2.45) is 0 Å². The van der Waals surface area contributed by atoms with Gasteiger partial charge in [-0.3, -0.25) is 9.59 Å². The third kappa shape index (κ3) is 1.68. The average molecular weight is 349 g/mol. The molecule has 2 aliphatic carbocycles. The first-order chi connectivity index (χ1) is 10.9. The van der Waals surface area contributed by atoms with Crippen LogP contribution in [0.4, 0.5) is 0 Å². The zero-order chi connectivity index (χ0) is 16.5. The maximum atomic E-state index is 12.5. The van der Waals surface area contributed by atoms with Crippen LogP contribution in [0.5, 0.6) is 11.5 Å². The number of aromatic hydroxyl groups is 2. The summed E-state index contributed by atoms with van der Waals surface area (Å²) in [4.78, 5) is 25.0. The fraction of sp³-hybridized carbons (Fsp3) is 0.176. The Labute approximate surface area is 141 Å². The zero-order valence-electron chi connectivity index (χ0n) is 11.7. The third-order valence-corrected chi connectivity index (χ3v) is 5.33. The summed E-state index contributed by atoms with van der Waals surface area (Å²) in [6.07, 6.45) is -0.0709. The van der Waals surface area contributed by atoms with Crippen molar-refractivity contribution in [3.63, 3.8) is 0 Å². The van der Waals surface area contributed by atoms with Crippen LogP contribution in [-0.2, 0) is 5.41 Å². The van der Waals surface area contributed by atoms with E-state index in [0.29, 0.717) is 11.1 Å². The van der Waals surface area contributed by atoms with E-state index in [-0.39, 0.29) is 57.1 Å². The first kappa shape index (κ1) is 14.5. The summed E-state index contributed by atoms with van der Waals surface area (Å²) >= 11 is 12.3. The average Bonchev–Trinajstić information content (AvgIpc) is 2.95. The molecule has 0 aliphatic heterocycles. The maximum absolute atomic E-state index is 12.5. The maximum Gasteiger partial charge on any atom is 0.166 e. The molecule has 4 nitrogen and oxygen atoms in total. The molecule has 2 aromatic carbocycles. The smallest absolute Gasteiger partial charge is 0.166 e. The number of phenolic OH excluding ortho intramolecular Hbond substituents is 2. The lowest BCUT2D eigenvalue weighted by molar-refractivity contribution is 0.0957. The van der Waals surface area contributed by atoms with Crippen LogP contribution in [0.1, 0.15) is 44.7 Å². The molecule has 0 aromatic heterocycles. The minimum Gasteiger partial charge on any atom is -0.508 e. The Hall–Kier alpha value is -2.04. The molecule has 0 bridgehead atoms. The second-order valence-electron chi connectivity index (χ2n) is 5.92. The van der Waals surface area contributed by atoms with Crippen molar-refractivity contribution in [1.29, 1.82) is 0 Å². The Morgan fingerprint density at radius 3 is 1.57 bits per heavy atom. The van der Waals surface area contributed by atoms with E-state index in [0.717, 1.165) is 0 Å². The van der Waals surface area contributed by atoms with Gasteiger partial charge in [-0.25, -0.2) is 0 Å². The molecule has 0 fully saturated rings. The Kier molecular flexibility index (Phi) is 2.84. The van der Waals surface area contributed by atoms with Crippen molar-refractivity contribution in [2.75, 3.05) is 0 Å². The number of carbonyl (C=O) groups is 2. The Bertz CT molecular complexity index is 842. The lowest BCUT2D eigenvalue weighted by atomic mass is 9.76. The summed E-state index contributed by atoms with van der Waals surface area (Å²) in [5.41, 5.74) is -0.0688. The Morgan fingerprint density at radius 1 is 0.783 bits per heavy atom. The van der Waals surface area contributed by atoms with Crippen molar-refractivity contribution < 1.29 is 19.8 Å². The second-order valence-corrected chi connectivity index (χ2v) is 6.73. The molecule has 6 heteroatoms. The molecule has 2 aromatic rings. The summed E-state index contributed by atoms with van der Waals surface area (Å²) in [5, 5.41) is 21.1. The summed E-state index contributed by atoms with van der Waals surface area (Å²) in [6, 6.07) is 5.68. The lowest BCUT2D eigenvalue weighted by Crippen LogP contribution is -2.22. The molecule has 116 valence electrons. The fourth-order valence-corrected chi connectivity index (χ4v) is 4.44. The number of rotatable bonds is 0. The second kappa shape index (κ2) is 4.49. The van der Waals surface area contributed by atoms with Gasteiger partial charge in [-0.05, 0) is 24.3 Å². The molecule has 0 radical (unpaired) electrons. The molecule has 4 rings (SSSR count). The van der Waals surface area contributed by atoms with Crippen molar-refractivity contribution >= 4 is 34.8 Å². The van der Waals surface area contributed by atoms with Crippen molar-refractivity contribution in [2.45, 2.75) is 18.3 Å². The highest BCUT2D eigenvalue weighted by Crippen LogP contribution is 2.59. The van der Waals surface area contributed by atoms with Gasteiger partial charge in [0.25, 0.3) is 0 Å². The van der Waals surface area contributed by atoms with Gasteiger partial charge in [-0.2, -0.15) is 0 Å². The molecule has 0 amide bonds. The number of ketones is 2. The number of carbonyl (C=O) groups excluding carboxylic acids is 2. The van der Waals surface area contributed by atoms with E-state index in [1.807, 2.05) is 0 Å². The number of hydrogen-bond acceptors (Lipinski definition) is 4. The van der Waals surface area contributed by atoms with Crippen LogP contribution < -0.4 is 0 Å². The highest BCUT2D eigenvalue weighted by molar-refractivity contribution is 6.36. The predicted octanol–water partition coefficient (Wildman–Crippen LogP) is 3.86. The van der Waals surface area contributed by atoms with E-state index in [9.17, 15) is 19.8 Å². The zero-order valence-corrected chi connectivity index (χ0v) is 13.2. The predicted molar refractivity (Wildman–Crippen MR) is 84.9 cm³/mol. The number of Topliss-reactive ketones (excluding diaryl/α,β-unsaturated/α-hetero) is 2. The van der Waals surface area contributed by atoms with E-state index in [1.54, 1.807) is 0 Å². The van der Waals surface area contributed by atoms with Crippen molar-refractivity contribution in [3.05, 3.63) is 56.6 Å². The first-order valence-electron chi connectivity index (χ1n) is 6.97. The number of halogens is 2. The van der Waals surface area contributed by atoms with E-state index in [2.05, 4.69) is 0 Å². The third-order valence-electron chi connectivity index (χ3n) is 4.70. The van der Waals surface area contributed by atoms with Crippen LogP contribution in [0, 0.1) is 0 Å². The fourth-order valence-electron chi connectivity index (χ4n) is 3.91. The molecule has 23 heavy (non-hydrogen) atoms. The van der Waals surface area contributed by atoms with Crippen molar-refractivity contribution in [1.82, 2.24) is 0 Å². The molecule has 2 N–H and O–H groups in total. The number of benzene rings is 2. The minimum atomic E-state index is -1.11. The van der Waals surface area contributed by atoms with Crippen LogP contribution >= 0.6 is 23.2 Å². The van der Waals surface area contributed by atoms with Gasteiger partial charge in [-0.15, -0.1) is 0 Å². The number of fused-ring (bicyclic) bond motifs is 4. The molecular weight excluding hydrogens is 339 g/mol. The largest absolute Gasteiger partial charge is 0.508 e. The van der Waals surface area contributed by atoms with Gasteiger partial charge in [0.05, 0.1) is 10.0 Å². The van der Waals surface area contributed by atoms with E-state index >= 15 is 0 Å². The molecule has 2 aliphatic rings. The number of phenols is 2. The molecular formula is C17H10Cl2O4. The van der Waals surface area contributed by atoms with Crippen LogP contribution in [0.25, 0.3) is 0 Å². The highest BCUT2D eigenvalue weighted by atomic mass is 35.5. The van der Waals surface area contributed by atoms with Crippen LogP contribution in [0.2, 0.25) is 10.0 Å². The van der Waals surface area contributed by atoms with Gasteiger partial charge >= 0.3 is 0 Å². The van der Waals surface area contributed by atoms with Crippen LogP contribution in [0.15, 0.2) is 24.3 Å². The van der Waals surface area contributed by atoms with Crippen LogP contribution in [0.3, 0.4) is 0 Å². The van der Waals surface area contributed by atoms with Gasteiger partial charge < -0.3 is 10.2 Å². The highest BCUT2D eigenvalue weighted by Gasteiger charge is 2.55. The summed E-state index contributed by atoms with van der Waals surface area (Å²) in [7, 11) is 0. The van der Waals surface area contributed by atoms with E-state index in [4.69, 9.17) is 23.2 Å². The molecule has 0 heterocycles. The molecule has 0 unspecified atom stereocenters. The minimum absolute atomic E-state index is 0.0354. The lowest BCUT2D eigenvalue weighted by Gasteiger charge is -2.26. The Balaban J connectivity index is 2.14. The van der Waals surface area contributed by atoms with Crippen LogP contribution in [-0.4, -0.2) is 21.8 Å². The van der Waals surface area contributed by atoms with Gasteiger partial charge in [-0.1, -0.05) is 23.2 Å². The number of hydrogen-bond donors (Lipinski definition) is 2. The topological polar surface area (TPSA) is 74.6 Å². The normalized spacial score (nSPS) is 17.7. The first-order valence-corrected chi connectivity index (χ1v) is 7.72. The van der Waals surface area contributed by atoms with Gasteiger partial charge in [0, 0.05) is 40.5 Å². The Morgan fingerprint density at radius 2 is 1.17 bits per heavy atom. The monoisotopic (exact) mass is 348 g/mol. The molecule has 0 atom stereocenters. The van der Waals surface area contributed by atoms with E-state index in [1.165, 1.54) is 24.3 Å². The SMILES string of the molecule is O=C1CC2(CC(=O)c3c(Cl)ccc(O)c32)c2c(O)ccc(Cl)c21. The van der Waals surface area contributed by atoms with Gasteiger partial charge in [0.1, 0.15) is 11.5 Å². The van der Waals surface area contributed by atoms with Gasteiger partial charge in [0.2, 0.25) is 0 Å². The van der Waals surface area contributed by atoms with E-state index < -0.39 is 5.41 Å². The van der Waals surface area contributed by atoms with Gasteiger partial charge in [0.15, 0.2) is 11.6 Å². The van der Waals surface area contributed by atoms with Crippen molar-refractivity contribution in [3.8, 4) is 11.5 Å². The summed E-state index contributed by atoms with van der Waals surface area (Å²) in [5.74, 6) is -0.757. The summed E-state index contributed by atoms with van der Waals surface area (Å²) in [6.45, 7) is 0. The standard InChI is InChI=1S/C17H10Cl2O4/c18-7-1-3-9(20)15-13(7)11(22)5-17(15)6-12(23)14-8(19)2-4-10(21)16(14)17/h1-4,20-21H,5-6H2. The molecule has 0 saturated carbocycles. The summed E-state index contributed by atoms with van der Waals surface area (Å²) < 4.78 is 0. The molecule has 1 spiro atoms. The molecule has 0 saturated heterocycles.